The summed E-state index contributed by atoms with van der Waals surface area (Å²) >= 11 is 3.67. The Morgan fingerprint density at radius 3 is 2.71 bits per heavy atom. The lowest BCUT2D eigenvalue weighted by Crippen LogP contribution is -1.95. The largest absolute Gasteiger partial charge is 0.507 e. The van der Waals surface area contributed by atoms with Gasteiger partial charge in [0.15, 0.2) is 0 Å². The predicted octanol–water partition coefficient (Wildman–Crippen LogP) is 2.91. The van der Waals surface area contributed by atoms with Crippen LogP contribution in [0, 0.1) is 2.88 Å². The minimum atomic E-state index is -1.10. The summed E-state index contributed by atoms with van der Waals surface area (Å²) in [5, 5.41) is 19.1. The van der Waals surface area contributed by atoms with Gasteiger partial charge < -0.3 is 10.2 Å². The summed E-state index contributed by atoms with van der Waals surface area (Å²) in [5.41, 5.74) is -0.0456. The SMILES string of the molecule is O=C(O)c1cc2sc(I)cc2cc1O. The Labute approximate surface area is 97.1 Å². The van der Waals surface area contributed by atoms with Crippen LogP contribution in [0.2, 0.25) is 0 Å². The second-order valence-corrected chi connectivity index (χ2v) is 5.74. The number of fused-ring (bicyclic) bond motifs is 1. The van der Waals surface area contributed by atoms with Crippen molar-refractivity contribution in [1.82, 2.24) is 0 Å². The van der Waals surface area contributed by atoms with Gasteiger partial charge in [-0.2, -0.15) is 0 Å². The first-order valence-electron chi connectivity index (χ1n) is 3.73. The number of carboxylic acid groups (broad SMARTS) is 1. The van der Waals surface area contributed by atoms with Crippen molar-refractivity contribution in [3.63, 3.8) is 0 Å². The van der Waals surface area contributed by atoms with E-state index >= 15 is 0 Å². The molecule has 0 spiro atoms. The fourth-order valence-electron chi connectivity index (χ4n) is 1.21. The van der Waals surface area contributed by atoms with Crippen LogP contribution in [-0.4, -0.2) is 16.2 Å². The van der Waals surface area contributed by atoms with Gasteiger partial charge in [0.05, 0.1) is 2.88 Å². The lowest BCUT2D eigenvalue weighted by molar-refractivity contribution is 0.0694. The van der Waals surface area contributed by atoms with Crippen molar-refractivity contribution < 1.29 is 15.0 Å². The number of carbonyl (C=O) groups is 1. The summed E-state index contributed by atoms with van der Waals surface area (Å²) in [5.74, 6) is -1.29. The van der Waals surface area contributed by atoms with Crippen LogP contribution in [0.4, 0.5) is 0 Å². The van der Waals surface area contributed by atoms with Gasteiger partial charge in [-0.15, -0.1) is 11.3 Å². The van der Waals surface area contributed by atoms with Gasteiger partial charge in [0.25, 0.3) is 0 Å². The van der Waals surface area contributed by atoms with Gasteiger partial charge in [-0.3, -0.25) is 0 Å². The summed E-state index contributed by atoms with van der Waals surface area (Å²) in [4.78, 5) is 10.7. The first-order valence-corrected chi connectivity index (χ1v) is 5.63. The molecule has 0 saturated carbocycles. The highest BCUT2D eigenvalue weighted by Gasteiger charge is 2.11. The highest BCUT2D eigenvalue weighted by atomic mass is 127. The number of halogens is 1. The van der Waals surface area contributed by atoms with Gasteiger partial charge in [0, 0.05) is 4.70 Å². The molecule has 0 radical (unpaired) electrons. The molecule has 5 heteroatoms. The van der Waals surface area contributed by atoms with E-state index in [1.165, 1.54) is 23.5 Å². The van der Waals surface area contributed by atoms with Gasteiger partial charge in [-0.25, -0.2) is 4.79 Å². The summed E-state index contributed by atoms with van der Waals surface area (Å²) in [7, 11) is 0. The smallest absolute Gasteiger partial charge is 0.339 e. The van der Waals surface area contributed by atoms with Crippen LogP contribution in [0.15, 0.2) is 18.2 Å². The standard InChI is InChI=1S/C9H5IO3S/c10-8-2-4-1-6(11)5(9(12)13)3-7(4)14-8/h1-3,11H,(H,12,13). The topological polar surface area (TPSA) is 57.5 Å². The number of rotatable bonds is 1. The fraction of sp³-hybridized carbons (Fsp3) is 0. The van der Waals surface area contributed by atoms with Crippen LogP contribution in [0.5, 0.6) is 5.75 Å². The Morgan fingerprint density at radius 2 is 2.07 bits per heavy atom. The average Bonchev–Trinajstić information content (AvgIpc) is 2.42. The van der Waals surface area contributed by atoms with E-state index in [9.17, 15) is 9.90 Å². The van der Waals surface area contributed by atoms with E-state index < -0.39 is 5.97 Å². The molecule has 0 fully saturated rings. The van der Waals surface area contributed by atoms with Gasteiger partial charge >= 0.3 is 5.97 Å². The number of carboxylic acids is 1. The Morgan fingerprint density at radius 1 is 1.36 bits per heavy atom. The van der Waals surface area contributed by atoms with E-state index in [2.05, 4.69) is 22.6 Å². The number of phenols is 1. The Bertz CT molecular complexity index is 518. The second-order valence-electron chi connectivity index (χ2n) is 2.76. The van der Waals surface area contributed by atoms with Crippen LogP contribution < -0.4 is 0 Å². The van der Waals surface area contributed by atoms with Crippen molar-refractivity contribution in [1.29, 1.82) is 0 Å². The maximum Gasteiger partial charge on any atom is 0.339 e. The first-order chi connectivity index (χ1) is 6.58. The van der Waals surface area contributed by atoms with E-state index in [4.69, 9.17) is 5.11 Å². The van der Waals surface area contributed by atoms with Crippen LogP contribution in [0.3, 0.4) is 0 Å². The molecule has 2 N–H and O–H groups in total. The highest BCUT2D eigenvalue weighted by Crippen LogP contribution is 2.31. The van der Waals surface area contributed by atoms with Crippen LogP contribution in [0.1, 0.15) is 10.4 Å². The summed E-state index contributed by atoms with van der Waals surface area (Å²) < 4.78 is 1.95. The molecule has 72 valence electrons. The average molecular weight is 320 g/mol. The van der Waals surface area contributed by atoms with Crippen LogP contribution in [0.25, 0.3) is 10.1 Å². The van der Waals surface area contributed by atoms with E-state index in [0.29, 0.717) is 0 Å². The molecular formula is C9H5IO3S. The number of aromatic carboxylic acids is 1. The number of hydrogen-bond acceptors (Lipinski definition) is 3. The molecule has 3 nitrogen and oxygen atoms in total. The van der Waals surface area contributed by atoms with Gasteiger partial charge in [0.1, 0.15) is 11.3 Å². The third-order valence-electron chi connectivity index (χ3n) is 1.83. The molecule has 0 bridgehead atoms. The fourth-order valence-corrected chi connectivity index (χ4v) is 3.07. The molecule has 2 rings (SSSR count). The molecule has 0 saturated heterocycles. The third-order valence-corrected chi connectivity index (χ3v) is 3.69. The molecule has 0 amide bonds. The lowest BCUT2D eigenvalue weighted by Gasteiger charge is -1.98. The minimum absolute atomic E-state index is 0.0456. The Hall–Kier alpha value is -0.820. The second kappa shape index (κ2) is 3.39. The van der Waals surface area contributed by atoms with Crippen molar-refractivity contribution in [2.24, 2.45) is 0 Å². The quantitative estimate of drug-likeness (QED) is 0.795. The zero-order valence-corrected chi connectivity index (χ0v) is 9.79. The highest BCUT2D eigenvalue weighted by molar-refractivity contribution is 14.1. The molecule has 14 heavy (non-hydrogen) atoms. The third kappa shape index (κ3) is 1.57. The maximum atomic E-state index is 10.7. The monoisotopic (exact) mass is 320 g/mol. The van der Waals surface area contributed by atoms with Crippen LogP contribution in [-0.2, 0) is 0 Å². The van der Waals surface area contributed by atoms with Crippen LogP contribution >= 0.6 is 33.9 Å². The zero-order chi connectivity index (χ0) is 10.3. The number of benzene rings is 1. The molecule has 1 heterocycles. The van der Waals surface area contributed by atoms with Crippen molar-refractivity contribution in [2.45, 2.75) is 0 Å². The molecule has 1 aromatic carbocycles. The van der Waals surface area contributed by atoms with Gasteiger partial charge in [-0.05, 0) is 46.2 Å². The number of aromatic hydroxyl groups is 1. The first kappa shape index (κ1) is 9.72. The molecule has 0 aliphatic rings. The molecule has 2 aromatic rings. The predicted molar refractivity (Wildman–Crippen MR) is 63.2 cm³/mol. The summed E-state index contributed by atoms with van der Waals surface area (Å²) in [6, 6.07) is 4.89. The van der Waals surface area contributed by atoms with E-state index in [-0.39, 0.29) is 11.3 Å². The molecule has 1 aromatic heterocycles. The van der Waals surface area contributed by atoms with Crippen molar-refractivity contribution in [3.05, 3.63) is 26.6 Å². The molecule has 0 unspecified atom stereocenters. The van der Waals surface area contributed by atoms with Crippen molar-refractivity contribution >= 4 is 50.0 Å². The normalized spacial score (nSPS) is 10.6. The van der Waals surface area contributed by atoms with Gasteiger partial charge in [-0.1, -0.05) is 0 Å². The number of thiophene rings is 1. The van der Waals surface area contributed by atoms with E-state index in [1.807, 2.05) is 6.07 Å². The molecule has 0 aliphatic heterocycles. The van der Waals surface area contributed by atoms with E-state index in [0.717, 1.165) is 13.0 Å². The van der Waals surface area contributed by atoms with E-state index in [1.54, 1.807) is 0 Å². The van der Waals surface area contributed by atoms with Crippen molar-refractivity contribution in [2.75, 3.05) is 0 Å². The lowest BCUT2D eigenvalue weighted by atomic mass is 10.1. The Balaban J connectivity index is 2.76. The molecular weight excluding hydrogens is 315 g/mol. The molecule has 0 aliphatic carbocycles. The Kier molecular flexibility index (Phi) is 2.36. The number of hydrogen-bond donors (Lipinski definition) is 2. The minimum Gasteiger partial charge on any atom is -0.507 e. The van der Waals surface area contributed by atoms with Gasteiger partial charge in [0.2, 0.25) is 0 Å². The molecule has 0 atom stereocenters. The zero-order valence-electron chi connectivity index (χ0n) is 6.82. The summed E-state index contributed by atoms with van der Waals surface area (Å²) in [6.45, 7) is 0. The maximum absolute atomic E-state index is 10.7. The van der Waals surface area contributed by atoms with Crippen molar-refractivity contribution in [3.8, 4) is 5.75 Å². The summed E-state index contributed by atoms with van der Waals surface area (Å²) in [6.07, 6.45) is 0.